The lowest BCUT2D eigenvalue weighted by atomic mass is 10.1. The molecule has 0 saturated heterocycles. The first-order valence-electron chi connectivity index (χ1n) is 6.33. The third-order valence-corrected chi connectivity index (χ3v) is 3.76. The maximum absolute atomic E-state index is 13.7. The number of nitrogens with one attached hydrogen (secondary N) is 2. The molecule has 4 nitrogen and oxygen atoms in total. The highest BCUT2D eigenvalue weighted by molar-refractivity contribution is 9.10. The summed E-state index contributed by atoms with van der Waals surface area (Å²) in [5, 5.41) is 5.70. The van der Waals surface area contributed by atoms with Crippen LogP contribution in [-0.2, 0) is 4.79 Å². The monoisotopic (exact) mass is 350 g/mol. The minimum atomic E-state index is -0.448. The number of fused-ring (bicyclic) bond motifs is 1. The summed E-state index contributed by atoms with van der Waals surface area (Å²) < 4.78 is 20.0. The summed E-state index contributed by atoms with van der Waals surface area (Å²) in [6, 6.07) is 9.30. The second-order valence-corrected chi connectivity index (χ2v) is 5.55. The molecule has 0 saturated carbocycles. The summed E-state index contributed by atoms with van der Waals surface area (Å²) in [5.41, 5.74) is 1.52. The van der Waals surface area contributed by atoms with Gasteiger partial charge in [0.1, 0.15) is 11.8 Å². The van der Waals surface area contributed by atoms with Gasteiger partial charge in [0.2, 0.25) is 5.91 Å². The van der Waals surface area contributed by atoms with Gasteiger partial charge in [0.05, 0.1) is 0 Å². The van der Waals surface area contributed by atoms with Crippen molar-refractivity contribution in [2.24, 2.45) is 0 Å². The summed E-state index contributed by atoms with van der Waals surface area (Å²) >= 11 is 3.27. The Balaban J connectivity index is 1.90. The largest absolute Gasteiger partial charge is 0.454 e. The molecule has 1 atom stereocenters. The maximum atomic E-state index is 13.7. The molecule has 0 radical (unpaired) electrons. The quantitative estimate of drug-likeness (QED) is 0.889. The molecule has 3 rings (SSSR count). The summed E-state index contributed by atoms with van der Waals surface area (Å²) in [4.78, 5) is 11.8. The Bertz CT molecular complexity index is 721. The number of hydrogen-bond acceptors (Lipinski definition) is 3. The molecule has 1 aliphatic heterocycles. The van der Waals surface area contributed by atoms with Gasteiger partial charge in [0.25, 0.3) is 0 Å². The van der Waals surface area contributed by atoms with Crippen molar-refractivity contribution in [1.82, 2.24) is 5.32 Å². The zero-order valence-corrected chi connectivity index (χ0v) is 12.7. The average molecular weight is 351 g/mol. The standard InChI is InChI=1S/C15H12BrFN2O2/c1-18-14-10-4-3-9(7-12(10)19-15(14)20)21-13-6-8(16)2-5-11(13)17/h2-7,14,18H,1H3,(H,19,20). The molecule has 0 aromatic heterocycles. The van der Waals surface area contributed by atoms with E-state index in [1.165, 1.54) is 6.07 Å². The third-order valence-electron chi connectivity index (χ3n) is 3.27. The lowest BCUT2D eigenvalue weighted by Crippen LogP contribution is -2.23. The third kappa shape index (κ3) is 2.64. The molecule has 2 N–H and O–H groups in total. The summed E-state index contributed by atoms with van der Waals surface area (Å²) in [5.74, 6) is 0.0238. The van der Waals surface area contributed by atoms with Crippen molar-refractivity contribution in [1.29, 1.82) is 0 Å². The molecule has 2 aromatic rings. The Labute approximate surface area is 129 Å². The van der Waals surface area contributed by atoms with E-state index in [0.717, 1.165) is 10.0 Å². The smallest absolute Gasteiger partial charge is 0.246 e. The fourth-order valence-corrected chi connectivity index (χ4v) is 2.61. The van der Waals surface area contributed by atoms with Crippen molar-refractivity contribution in [3.8, 4) is 11.5 Å². The molecule has 1 unspecified atom stereocenters. The van der Waals surface area contributed by atoms with E-state index in [-0.39, 0.29) is 17.7 Å². The zero-order valence-electron chi connectivity index (χ0n) is 11.1. The van der Waals surface area contributed by atoms with Gasteiger partial charge in [-0.05, 0) is 31.3 Å². The molecule has 1 aliphatic rings. The number of rotatable bonds is 3. The van der Waals surface area contributed by atoms with Gasteiger partial charge in [-0.1, -0.05) is 22.0 Å². The van der Waals surface area contributed by atoms with Gasteiger partial charge in [-0.3, -0.25) is 4.79 Å². The second-order valence-electron chi connectivity index (χ2n) is 4.64. The molecule has 21 heavy (non-hydrogen) atoms. The molecular weight excluding hydrogens is 339 g/mol. The van der Waals surface area contributed by atoms with Crippen molar-refractivity contribution >= 4 is 27.5 Å². The molecule has 6 heteroatoms. The van der Waals surface area contributed by atoms with Crippen LogP contribution in [0.3, 0.4) is 0 Å². The Morgan fingerprint density at radius 3 is 2.86 bits per heavy atom. The van der Waals surface area contributed by atoms with Crippen LogP contribution >= 0.6 is 15.9 Å². The average Bonchev–Trinajstić information content (AvgIpc) is 2.77. The Hall–Kier alpha value is -1.92. The highest BCUT2D eigenvalue weighted by atomic mass is 79.9. The fourth-order valence-electron chi connectivity index (χ4n) is 2.27. The van der Waals surface area contributed by atoms with Gasteiger partial charge in [-0.25, -0.2) is 4.39 Å². The van der Waals surface area contributed by atoms with Crippen LogP contribution in [0.15, 0.2) is 40.9 Å². The topological polar surface area (TPSA) is 50.4 Å². The van der Waals surface area contributed by atoms with E-state index in [0.29, 0.717) is 11.4 Å². The maximum Gasteiger partial charge on any atom is 0.246 e. The summed E-state index contributed by atoms with van der Waals surface area (Å²) in [6.45, 7) is 0. The van der Waals surface area contributed by atoms with Gasteiger partial charge in [0, 0.05) is 21.8 Å². The summed E-state index contributed by atoms with van der Waals surface area (Å²) in [6.07, 6.45) is 0. The molecule has 108 valence electrons. The fraction of sp³-hybridized carbons (Fsp3) is 0.133. The number of likely N-dealkylation sites (N-methyl/N-ethyl adjacent to an activating group) is 1. The number of carbonyl (C=O) groups excluding carboxylic acids is 1. The molecule has 0 bridgehead atoms. The van der Waals surface area contributed by atoms with Crippen LogP contribution in [0.25, 0.3) is 0 Å². The summed E-state index contributed by atoms with van der Waals surface area (Å²) in [7, 11) is 1.72. The number of benzene rings is 2. The lowest BCUT2D eigenvalue weighted by Gasteiger charge is -2.10. The number of ether oxygens (including phenoxy) is 1. The highest BCUT2D eigenvalue weighted by Gasteiger charge is 2.29. The molecule has 0 aliphatic carbocycles. The van der Waals surface area contributed by atoms with Gasteiger partial charge in [-0.15, -0.1) is 0 Å². The predicted octanol–water partition coefficient (Wildman–Crippen LogP) is 3.59. The van der Waals surface area contributed by atoms with Gasteiger partial charge in [-0.2, -0.15) is 0 Å². The van der Waals surface area contributed by atoms with Crippen LogP contribution in [0.2, 0.25) is 0 Å². The van der Waals surface area contributed by atoms with Gasteiger partial charge >= 0.3 is 0 Å². The van der Waals surface area contributed by atoms with Crippen molar-refractivity contribution in [2.75, 3.05) is 12.4 Å². The number of halogens is 2. The van der Waals surface area contributed by atoms with Crippen molar-refractivity contribution in [3.63, 3.8) is 0 Å². The Kier molecular flexibility index (Phi) is 3.65. The van der Waals surface area contributed by atoms with Gasteiger partial charge in [0.15, 0.2) is 11.6 Å². The number of anilines is 1. The minimum absolute atomic E-state index is 0.113. The number of amides is 1. The SMILES string of the molecule is CNC1C(=O)Nc2cc(Oc3cc(Br)ccc3F)ccc21. The van der Waals surface area contributed by atoms with Crippen LogP contribution in [0, 0.1) is 5.82 Å². The number of hydrogen-bond donors (Lipinski definition) is 2. The van der Waals surface area contributed by atoms with Crippen LogP contribution in [-0.4, -0.2) is 13.0 Å². The van der Waals surface area contributed by atoms with E-state index < -0.39 is 5.82 Å². The molecule has 1 amide bonds. The van der Waals surface area contributed by atoms with E-state index >= 15 is 0 Å². The van der Waals surface area contributed by atoms with Crippen molar-refractivity contribution in [2.45, 2.75) is 6.04 Å². The Morgan fingerprint density at radius 2 is 2.10 bits per heavy atom. The van der Waals surface area contributed by atoms with Crippen LogP contribution < -0.4 is 15.4 Å². The second kappa shape index (κ2) is 5.46. The van der Waals surface area contributed by atoms with Crippen LogP contribution in [0.1, 0.15) is 11.6 Å². The molecule has 0 spiro atoms. The first-order chi connectivity index (χ1) is 10.1. The van der Waals surface area contributed by atoms with Crippen molar-refractivity contribution < 1.29 is 13.9 Å². The van der Waals surface area contributed by atoms with E-state index in [9.17, 15) is 9.18 Å². The Morgan fingerprint density at radius 1 is 1.29 bits per heavy atom. The minimum Gasteiger partial charge on any atom is -0.454 e. The normalized spacial score (nSPS) is 16.5. The van der Waals surface area contributed by atoms with E-state index in [1.54, 1.807) is 37.4 Å². The van der Waals surface area contributed by atoms with E-state index in [4.69, 9.17) is 4.74 Å². The molecule has 0 fully saturated rings. The molecular formula is C15H12BrFN2O2. The highest BCUT2D eigenvalue weighted by Crippen LogP contribution is 2.35. The predicted molar refractivity (Wildman–Crippen MR) is 81.0 cm³/mol. The lowest BCUT2D eigenvalue weighted by molar-refractivity contribution is -0.117. The zero-order chi connectivity index (χ0) is 15.0. The molecule has 1 heterocycles. The van der Waals surface area contributed by atoms with E-state index in [1.807, 2.05) is 0 Å². The number of carbonyl (C=O) groups is 1. The van der Waals surface area contributed by atoms with Crippen LogP contribution in [0.4, 0.5) is 10.1 Å². The van der Waals surface area contributed by atoms with Gasteiger partial charge < -0.3 is 15.4 Å². The first-order valence-corrected chi connectivity index (χ1v) is 7.13. The van der Waals surface area contributed by atoms with E-state index in [2.05, 4.69) is 26.6 Å². The molecule has 2 aromatic carbocycles. The van der Waals surface area contributed by atoms with Crippen molar-refractivity contribution in [3.05, 3.63) is 52.3 Å². The van der Waals surface area contributed by atoms with Crippen LogP contribution in [0.5, 0.6) is 11.5 Å². The first kappa shape index (κ1) is 14.0.